The molecule has 0 saturated heterocycles. The zero-order valence-electron chi connectivity index (χ0n) is 22.1. The molecule has 0 bridgehead atoms. The number of sulfonamides is 1. The molecule has 0 aliphatic rings. The first-order valence-corrected chi connectivity index (χ1v) is 14.2. The van der Waals surface area contributed by atoms with Crippen LogP contribution >= 0.6 is 0 Å². The van der Waals surface area contributed by atoms with Crippen molar-refractivity contribution in [3.63, 3.8) is 0 Å². The van der Waals surface area contributed by atoms with Crippen molar-refractivity contribution in [1.29, 1.82) is 0 Å². The van der Waals surface area contributed by atoms with Gasteiger partial charge < -0.3 is 10.2 Å². The summed E-state index contributed by atoms with van der Waals surface area (Å²) >= 11 is 0. The van der Waals surface area contributed by atoms with Gasteiger partial charge in [-0.3, -0.25) is 13.9 Å². The molecule has 9 heteroatoms. The van der Waals surface area contributed by atoms with Gasteiger partial charge in [-0.25, -0.2) is 12.8 Å². The van der Waals surface area contributed by atoms with Gasteiger partial charge in [0.2, 0.25) is 21.8 Å². The van der Waals surface area contributed by atoms with Crippen molar-refractivity contribution in [2.45, 2.75) is 45.8 Å². The molecular weight excluding hydrogens is 505 g/mol. The number of nitrogens with one attached hydrogen (secondary N) is 1. The third kappa shape index (κ3) is 8.14. The summed E-state index contributed by atoms with van der Waals surface area (Å²) in [5.74, 6) is -1.34. The van der Waals surface area contributed by atoms with Gasteiger partial charge in [-0.2, -0.15) is 0 Å². The molecule has 0 spiro atoms. The van der Waals surface area contributed by atoms with E-state index in [9.17, 15) is 22.4 Å². The summed E-state index contributed by atoms with van der Waals surface area (Å²) in [6.45, 7) is 4.98. The van der Waals surface area contributed by atoms with Crippen LogP contribution < -0.4 is 9.62 Å². The molecule has 1 atom stereocenters. The Labute approximate surface area is 224 Å². The van der Waals surface area contributed by atoms with Gasteiger partial charge in [-0.15, -0.1) is 0 Å². The van der Waals surface area contributed by atoms with Gasteiger partial charge in [0.25, 0.3) is 0 Å². The summed E-state index contributed by atoms with van der Waals surface area (Å²) < 4.78 is 40.2. The van der Waals surface area contributed by atoms with Crippen LogP contribution in [-0.2, 0) is 32.6 Å². The third-order valence-corrected chi connectivity index (χ3v) is 7.08. The van der Waals surface area contributed by atoms with Crippen molar-refractivity contribution >= 4 is 27.5 Å². The highest BCUT2D eigenvalue weighted by molar-refractivity contribution is 7.92. The molecular formula is C29H34FN3O4S. The van der Waals surface area contributed by atoms with Crippen molar-refractivity contribution in [1.82, 2.24) is 10.2 Å². The van der Waals surface area contributed by atoms with Crippen molar-refractivity contribution in [3.8, 4) is 0 Å². The maximum Gasteiger partial charge on any atom is 0.244 e. The normalized spacial score (nSPS) is 12.2. The zero-order chi connectivity index (χ0) is 27.9. The quantitative estimate of drug-likeness (QED) is 0.398. The lowest BCUT2D eigenvalue weighted by atomic mass is 10.0. The van der Waals surface area contributed by atoms with E-state index in [0.29, 0.717) is 11.3 Å². The van der Waals surface area contributed by atoms with Crippen molar-refractivity contribution in [2.75, 3.05) is 17.1 Å². The average Bonchev–Trinajstić information content (AvgIpc) is 2.85. The Morgan fingerprint density at radius 1 is 0.921 bits per heavy atom. The van der Waals surface area contributed by atoms with Gasteiger partial charge in [0, 0.05) is 19.0 Å². The molecule has 0 aliphatic heterocycles. The van der Waals surface area contributed by atoms with Crippen molar-refractivity contribution in [3.05, 3.63) is 101 Å². The van der Waals surface area contributed by atoms with Crippen LogP contribution in [0.5, 0.6) is 0 Å². The van der Waals surface area contributed by atoms with Gasteiger partial charge in [0.05, 0.1) is 11.9 Å². The highest BCUT2D eigenvalue weighted by atomic mass is 32.2. The molecule has 1 N–H and O–H groups in total. The molecule has 0 unspecified atom stereocenters. The largest absolute Gasteiger partial charge is 0.352 e. The van der Waals surface area contributed by atoms with E-state index in [0.717, 1.165) is 21.7 Å². The van der Waals surface area contributed by atoms with E-state index in [1.54, 1.807) is 30.3 Å². The number of amides is 2. The lowest BCUT2D eigenvalue weighted by molar-refractivity contribution is -0.140. The Morgan fingerprint density at radius 3 is 2.16 bits per heavy atom. The molecule has 0 aromatic heterocycles. The van der Waals surface area contributed by atoms with Crippen LogP contribution in [0.2, 0.25) is 0 Å². The maximum atomic E-state index is 13.9. The van der Waals surface area contributed by atoms with Gasteiger partial charge >= 0.3 is 0 Å². The van der Waals surface area contributed by atoms with E-state index in [-0.39, 0.29) is 24.9 Å². The minimum Gasteiger partial charge on any atom is -0.352 e. The standard InChI is InChI=1S/C29H34FN3O4S/c1-21(2)31-29(35)27(18-23-10-6-5-7-11-23)32(19-24-13-15-25(30)16-14-24)28(34)20-33(38(4,36)37)26-12-8-9-22(3)17-26/h5-17,21,27H,18-20H2,1-4H3,(H,31,35)/t27-/m0/s1. The fourth-order valence-corrected chi connectivity index (χ4v) is 4.96. The molecule has 202 valence electrons. The van der Waals surface area contributed by atoms with Crippen LogP contribution in [0.25, 0.3) is 0 Å². The SMILES string of the molecule is Cc1cccc(N(CC(=O)N(Cc2ccc(F)cc2)[C@@H](Cc2ccccc2)C(=O)NC(C)C)S(C)(=O)=O)c1. The van der Waals surface area contributed by atoms with E-state index in [2.05, 4.69) is 5.32 Å². The number of rotatable bonds is 11. The third-order valence-electron chi connectivity index (χ3n) is 5.94. The first-order chi connectivity index (χ1) is 17.9. The lowest BCUT2D eigenvalue weighted by Crippen LogP contribution is -2.54. The summed E-state index contributed by atoms with van der Waals surface area (Å²) in [5, 5.41) is 2.89. The van der Waals surface area contributed by atoms with Gasteiger partial charge in [0.15, 0.2) is 0 Å². The van der Waals surface area contributed by atoms with Gasteiger partial charge in [0.1, 0.15) is 18.4 Å². The average molecular weight is 540 g/mol. The van der Waals surface area contributed by atoms with Crippen molar-refractivity contribution in [2.24, 2.45) is 0 Å². The number of benzene rings is 3. The smallest absolute Gasteiger partial charge is 0.244 e. The number of anilines is 1. The Kier molecular flexibility index (Phi) is 9.63. The number of hydrogen-bond donors (Lipinski definition) is 1. The summed E-state index contributed by atoms with van der Waals surface area (Å²) in [4.78, 5) is 28.7. The zero-order valence-corrected chi connectivity index (χ0v) is 22.9. The van der Waals surface area contributed by atoms with Crippen LogP contribution in [0.3, 0.4) is 0 Å². The Balaban J connectivity index is 2.05. The topological polar surface area (TPSA) is 86.8 Å². The summed E-state index contributed by atoms with van der Waals surface area (Å²) in [5.41, 5.74) is 2.64. The highest BCUT2D eigenvalue weighted by Crippen LogP contribution is 2.21. The molecule has 0 radical (unpaired) electrons. The first kappa shape index (κ1) is 28.8. The molecule has 0 aliphatic carbocycles. The van der Waals surface area contributed by atoms with E-state index >= 15 is 0 Å². The molecule has 0 fully saturated rings. The summed E-state index contributed by atoms with van der Waals surface area (Å²) in [6, 6.07) is 20.7. The highest BCUT2D eigenvalue weighted by Gasteiger charge is 2.33. The summed E-state index contributed by atoms with van der Waals surface area (Å²) in [6.07, 6.45) is 1.26. The molecule has 0 heterocycles. The van der Waals surface area contributed by atoms with Crippen LogP contribution in [0.4, 0.5) is 10.1 Å². The Hall–Kier alpha value is -3.72. The molecule has 2 amide bonds. The molecule has 38 heavy (non-hydrogen) atoms. The lowest BCUT2D eigenvalue weighted by Gasteiger charge is -2.34. The second-order valence-corrected chi connectivity index (χ2v) is 11.5. The van der Waals surface area contributed by atoms with E-state index in [4.69, 9.17) is 0 Å². The minimum absolute atomic E-state index is 0.00640. The van der Waals surface area contributed by atoms with Crippen LogP contribution in [0.15, 0.2) is 78.9 Å². The Bertz CT molecular complexity index is 1350. The van der Waals surface area contributed by atoms with E-state index in [1.807, 2.05) is 57.2 Å². The molecule has 3 aromatic rings. The second-order valence-electron chi connectivity index (χ2n) is 9.63. The monoisotopic (exact) mass is 539 g/mol. The van der Waals surface area contributed by atoms with Crippen LogP contribution in [0.1, 0.15) is 30.5 Å². The predicted octanol–water partition coefficient (Wildman–Crippen LogP) is 4.06. The fraction of sp³-hybridized carbons (Fsp3) is 0.310. The fourth-order valence-electron chi connectivity index (χ4n) is 4.12. The van der Waals surface area contributed by atoms with Gasteiger partial charge in [-0.1, -0.05) is 54.6 Å². The number of carbonyl (C=O) groups excluding carboxylic acids is 2. The predicted molar refractivity (Wildman–Crippen MR) is 148 cm³/mol. The maximum absolute atomic E-state index is 13.9. The Morgan fingerprint density at radius 2 is 1.58 bits per heavy atom. The number of aryl methyl sites for hydroxylation is 1. The number of nitrogens with zero attached hydrogens (tertiary/aromatic N) is 2. The summed E-state index contributed by atoms with van der Waals surface area (Å²) in [7, 11) is -3.83. The molecule has 7 nitrogen and oxygen atoms in total. The number of carbonyl (C=O) groups is 2. The van der Waals surface area contributed by atoms with Crippen LogP contribution in [-0.4, -0.2) is 50.0 Å². The number of halogens is 1. The van der Waals surface area contributed by atoms with Crippen molar-refractivity contribution < 1.29 is 22.4 Å². The first-order valence-electron chi connectivity index (χ1n) is 12.4. The molecule has 3 rings (SSSR count). The van der Waals surface area contributed by atoms with Crippen LogP contribution in [0, 0.1) is 12.7 Å². The van der Waals surface area contributed by atoms with E-state index in [1.165, 1.54) is 17.0 Å². The second kappa shape index (κ2) is 12.7. The number of hydrogen-bond acceptors (Lipinski definition) is 4. The molecule has 0 saturated carbocycles. The van der Waals surface area contributed by atoms with Gasteiger partial charge in [-0.05, 0) is 61.7 Å². The van der Waals surface area contributed by atoms with E-state index < -0.39 is 34.3 Å². The minimum atomic E-state index is -3.83. The molecule has 3 aromatic carbocycles.